The zero-order valence-corrected chi connectivity index (χ0v) is 9.71. The molecular weight excluding hydrogens is 226 g/mol. The molecule has 1 aliphatic heterocycles. The summed E-state index contributed by atoms with van der Waals surface area (Å²) in [6.45, 7) is 2.56. The Hall–Kier alpha value is -1.48. The number of thioether (sulfide) groups is 1. The Morgan fingerprint density at radius 1 is 1.50 bits per heavy atom. The summed E-state index contributed by atoms with van der Waals surface area (Å²) >= 11 is 1.54. The molecule has 0 N–H and O–H groups in total. The molecule has 16 heavy (non-hydrogen) atoms. The van der Waals surface area contributed by atoms with E-state index in [-0.39, 0.29) is 24.2 Å². The smallest absolute Gasteiger partial charge is 0.287 e. The van der Waals surface area contributed by atoms with Crippen LogP contribution in [-0.2, 0) is 13.1 Å². The Balaban J connectivity index is 2.64. The Morgan fingerprint density at radius 2 is 2.25 bits per heavy atom. The van der Waals surface area contributed by atoms with E-state index in [9.17, 15) is 9.59 Å². The minimum absolute atomic E-state index is 0.181. The van der Waals surface area contributed by atoms with Crippen LogP contribution < -0.4 is 11.2 Å². The molecule has 5 nitrogen and oxygen atoms in total. The van der Waals surface area contributed by atoms with Crippen LogP contribution in [0.1, 0.15) is 12.0 Å². The van der Waals surface area contributed by atoms with Gasteiger partial charge in [0.1, 0.15) is 0 Å². The van der Waals surface area contributed by atoms with Crippen molar-refractivity contribution >= 4 is 11.8 Å². The molecule has 84 valence electrons. The van der Waals surface area contributed by atoms with Gasteiger partial charge in [0.05, 0.1) is 17.5 Å². The van der Waals surface area contributed by atoms with Gasteiger partial charge in [-0.25, -0.2) is 4.79 Å². The minimum Gasteiger partial charge on any atom is -0.287 e. The highest BCUT2D eigenvalue weighted by Crippen LogP contribution is 2.24. The molecule has 0 bridgehead atoms. The molecule has 0 fully saturated rings. The van der Waals surface area contributed by atoms with Crippen LogP contribution in [0.5, 0.6) is 0 Å². The molecule has 0 aliphatic carbocycles. The molecule has 1 aromatic heterocycles. The number of nitrogens with zero attached hydrogens (tertiary/aromatic N) is 3. The van der Waals surface area contributed by atoms with Crippen LogP contribution >= 0.6 is 11.8 Å². The highest BCUT2D eigenvalue weighted by atomic mass is 32.2. The van der Waals surface area contributed by atoms with Gasteiger partial charge in [0.25, 0.3) is 5.56 Å². The van der Waals surface area contributed by atoms with Gasteiger partial charge in [0.2, 0.25) is 0 Å². The molecule has 0 atom stereocenters. The van der Waals surface area contributed by atoms with Crippen LogP contribution in [0, 0.1) is 18.3 Å². The molecule has 0 aromatic carbocycles. The van der Waals surface area contributed by atoms with Gasteiger partial charge in [-0.3, -0.25) is 13.9 Å². The fourth-order valence-corrected chi connectivity index (χ4v) is 2.89. The summed E-state index contributed by atoms with van der Waals surface area (Å²) in [4.78, 5) is 23.8. The molecule has 0 amide bonds. The van der Waals surface area contributed by atoms with Crippen molar-refractivity contribution in [3.05, 3.63) is 26.4 Å². The minimum atomic E-state index is -0.286. The number of rotatable bonds is 2. The van der Waals surface area contributed by atoms with Crippen molar-refractivity contribution in [1.82, 2.24) is 9.13 Å². The predicted molar refractivity (Wildman–Crippen MR) is 60.7 cm³/mol. The highest BCUT2D eigenvalue weighted by Gasteiger charge is 2.20. The predicted octanol–water partition coefficient (Wildman–Crippen LogP) is 0.338. The molecule has 0 spiro atoms. The van der Waals surface area contributed by atoms with E-state index in [0.717, 1.165) is 15.3 Å². The van der Waals surface area contributed by atoms with E-state index in [1.54, 1.807) is 11.5 Å². The molecule has 0 saturated carbocycles. The second kappa shape index (κ2) is 4.18. The largest absolute Gasteiger partial charge is 0.331 e. The molecule has 2 heterocycles. The third-order valence-electron chi connectivity index (χ3n) is 2.59. The van der Waals surface area contributed by atoms with Gasteiger partial charge in [-0.05, 0) is 6.92 Å². The summed E-state index contributed by atoms with van der Waals surface area (Å²) in [5.74, 6) is 0.831. The summed E-state index contributed by atoms with van der Waals surface area (Å²) < 4.78 is 2.78. The monoisotopic (exact) mass is 237 g/mol. The Kier molecular flexibility index (Phi) is 2.88. The average Bonchev–Trinajstić information content (AvgIpc) is 2.75. The molecular formula is C10H11N3O2S. The fourth-order valence-electron chi connectivity index (χ4n) is 1.79. The quantitative estimate of drug-likeness (QED) is 0.695. The summed E-state index contributed by atoms with van der Waals surface area (Å²) in [6.07, 6.45) is 0.182. The maximum atomic E-state index is 11.9. The van der Waals surface area contributed by atoms with E-state index >= 15 is 0 Å². The van der Waals surface area contributed by atoms with E-state index in [0.29, 0.717) is 12.1 Å². The van der Waals surface area contributed by atoms with Gasteiger partial charge in [-0.15, -0.1) is 11.8 Å². The first-order valence-electron chi connectivity index (χ1n) is 5.01. The van der Waals surface area contributed by atoms with E-state index in [1.807, 2.05) is 6.07 Å². The Bertz CT molecular complexity index is 579. The van der Waals surface area contributed by atoms with Crippen LogP contribution in [-0.4, -0.2) is 14.9 Å². The van der Waals surface area contributed by atoms with Crippen molar-refractivity contribution in [3.63, 3.8) is 0 Å². The van der Waals surface area contributed by atoms with Crippen LogP contribution in [0.15, 0.2) is 14.6 Å². The molecule has 0 radical (unpaired) electrons. The number of fused-ring (bicyclic) bond motifs is 1. The standard InChI is InChI=1S/C10H11N3O2S/c1-7-8(14)12(4-2-3-11)10(15)13-5-6-16-9(7)13/h2,4-6H2,1H3. The zero-order chi connectivity index (χ0) is 11.7. The lowest BCUT2D eigenvalue weighted by molar-refractivity contribution is 0.544. The number of aromatic nitrogens is 2. The second-order valence-corrected chi connectivity index (χ2v) is 4.66. The van der Waals surface area contributed by atoms with Crippen molar-refractivity contribution in [1.29, 1.82) is 5.26 Å². The SMILES string of the molecule is Cc1c2n(c(=O)n(CCC#N)c1=O)CCS2. The Morgan fingerprint density at radius 3 is 2.94 bits per heavy atom. The third kappa shape index (κ3) is 1.57. The molecule has 1 aromatic rings. The van der Waals surface area contributed by atoms with Crippen LogP contribution in [0.4, 0.5) is 0 Å². The second-order valence-electron chi connectivity index (χ2n) is 3.58. The van der Waals surface area contributed by atoms with Gasteiger partial charge in [-0.2, -0.15) is 5.26 Å². The van der Waals surface area contributed by atoms with Crippen molar-refractivity contribution in [2.75, 3.05) is 5.75 Å². The number of nitriles is 1. The molecule has 0 saturated heterocycles. The third-order valence-corrected chi connectivity index (χ3v) is 3.78. The van der Waals surface area contributed by atoms with Crippen LogP contribution in [0.2, 0.25) is 0 Å². The molecule has 2 rings (SSSR count). The first-order valence-corrected chi connectivity index (χ1v) is 5.99. The normalized spacial score (nSPS) is 13.5. The molecule has 0 unspecified atom stereocenters. The molecule has 6 heteroatoms. The summed E-state index contributed by atoms with van der Waals surface area (Å²) in [6, 6.07) is 1.94. The zero-order valence-electron chi connectivity index (χ0n) is 8.89. The van der Waals surface area contributed by atoms with E-state index < -0.39 is 0 Å². The van der Waals surface area contributed by atoms with Crippen LogP contribution in [0.25, 0.3) is 0 Å². The lowest BCUT2D eigenvalue weighted by Gasteiger charge is -2.09. The average molecular weight is 237 g/mol. The Labute approximate surface area is 96.3 Å². The van der Waals surface area contributed by atoms with Crippen LogP contribution in [0.3, 0.4) is 0 Å². The summed E-state index contributed by atoms with van der Waals surface area (Å²) in [7, 11) is 0. The van der Waals surface area contributed by atoms with E-state index in [4.69, 9.17) is 5.26 Å². The maximum absolute atomic E-state index is 11.9. The van der Waals surface area contributed by atoms with Gasteiger partial charge in [-0.1, -0.05) is 0 Å². The topological polar surface area (TPSA) is 67.8 Å². The first kappa shape index (κ1) is 11.0. The van der Waals surface area contributed by atoms with E-state index in [1.165, 1.54) is 11.8 Å². The van der Waals surface area contributed by atoms with Crippen molar-refractivity contribution in [2.24, 2.45) is 0 Å². The number of hydrogen-bond acceptors (Lipinski definition) is 4. The summed E-state index contributed by atoms with van der Waals surface area (Å²) in [5.41, 5.74) is 0.0618. The lowest BCUT2D eigenvalue weighted by atomic mass is 10.3. The summed E-state index contributed by atoms with van der Waals surface area (Å²) in [5, 5.41) is 9.27. The van der Waals surface area contributed by atoms with Gasteiger partial charge in [0.15, 0.2) is 0 Å². The van der Waals surface area contributed by atoms with Gasteiger partial charge in [0, 0.05) is 24.4 Å². The highest BCUT2D eigenvalue weighted by molar-refractivity contribution is 7.99. The van der Waals surface area contributed by atoms with Crippen molar-refractivity contribution in [2.45, 2.75) is 31.5 Å². The maximum Gasteiger partial charge on any atom is 0.331 e. The number of hydrogen-bond donors (Lipinski definition) is 0. The van der Waals surface area contributed by atoms with Crippen molar-refractivity contribution < 1.29 is 0 Å². The first-order chi connectivity index (χ1) is 7.66. The van der Waals surface area contributed by atoms with E-state index in [2.05, 4.69) is 0 Å². The van der Waals surface area contributed by atoms with Gasteiger partial charge < -0.3 is 0 Å². The molecule has 1 aliphatic rings. The fraction of sp³-hybridized carbons (Fsp3) is 0.500. The van der Waals surface area contributed by atoms with Crippen molar-refractivity contribution in [3.8, 4) is 6.07 Å². The lowest BCUT2D eigenvalue weighted by Crippen LogP contribution is -2.41. The van der Waals surface area contributed by atoms with Gasteiger partial charge >= 0.3 is 5.69 Å².